The number of thioether (sulfide) groups is 1. The maximum atomic E-state index is 12.6. The van der Waals surface area contributed by atoms with E-state index in [1.54, 1.807) is 11.6 Å². The summed E-state index contributed by atoms with van der Waals surface area (Å²) in [6.45, 7) is 2.75. The van der Waals surface area contributed by atoms with Crippen LogP contribution in [0.1, 0.15) is 45.4 Å². The normalized spacial score (nSPS) is 11.3. The van der Waals surface area contributed by atoms with Crippen LogP contribution in [0.15, 0.2) is 14.7 Å². The average Bonchev–Trinajstić information content (AvgIpc) is 2.98. The lowest BCUT2D eigenvalue weighted by molar-refractivity contribution is -0.133. The zero-order valence-electron chi connectivity index (χ0n) is 15.5. The van der Waals surface area contributed by atoms with Gasteiger partial charge in [0.2, 0.25) is 0 Å². The van der Waals surface area contributed by atoms with Crippen LogP contribution in [0.25, 0.3) is 11.2 Å². The van der Waals surface area contributed by atoms with Gasteiger partial charge in [-0.15, -0.1) is 0 Å². The van der Waals surface area contributed by atoms with E-state index in [2.05, 4.69) is 11.9 Å². The monoisotopic (exact) mass is 382 g/mol. The predicted molar refractivity (Wildman–Crippen MR) is 102 cm³/mol. The highest BCUT2D eigenvalue weighted by atomic mass is 32.2. The molecule has 2 rings (SSSR count). The molecular formula is C17H26N4O4S. The molecule has 0 aliphatic carbocycles. The Kier molecular flexibility index (Phi) is 7.07. The Morgan fingerprint density at radius 2 is 1.73 bits per heavy atom. The van der Waals surface area contributed by atoms with E-state index in [9.17, 15) is 14.4 Å². The first-order chi connectivity index (χ1) is 12.4. The lowest BCUT2D eigenvalue weighted by Gasteiger charge is -2.09. The van der Waals surface area contributed by atoms with Crippen LogP contribution in [0.3, 0.4) is 0 Å². The maximum Gasteiger partial charge on any atom is 0.332 e. The molecule has 0 aromatic carbocycles. The van der Waals surface area contributed by atoms with Crippen molar-refractivity contribution in [3.05, 3.63) is 20.8 Å². The number of hydrogen-bond donors (Lipinski definition) is 1. The second-order valence-corrected chi connectivity index (χ2v) is 7.32. The number of aliphatic carboxylic acids is 1. The molecule has 2 heterocycles. The number of nitrogens with zero attached hydrogens (tertiary/aromatic N) is 4. The number of hydrogen-bond acceptors (Lipinski definition) is 5. The molecule has 0 saturated carbocycles. The van der Waals surface area contributed by atoms with E-state index in [4.69, 9.17) is 5.11 Å². The van der Waals surface area contributed by atoms with Gasteiger partial charge in [0.25, 0.3) is 5.56 Å². The number of unbranched alkanes of at least 4 members (excludes halogenated alkanes) is 5. The molecule has 0 unspecified atom stereocenters. The van der Waals surface area contributed by atoms with Crippen LogP contribution >= 0.6 is 11.8 Å². The van der Waals surface area contributed by atoms with E-state index >= 15 is 0 Å². The number of aryl methyl sites for hydroxylation is 2. The third-order valence-electron chi connectivity index (χ3n) is 4.37. The predicted octanol–water partition coefficient (Wildman–Crippen LogP) is 1.97. The van der Waals surface area contributed by atoms with E-state index < -0.39 is 17.2 Å². The Bertz CT molecular complexity index is 897. The smallest absolute Gasteiger partial charge is 0.332 e. The molecule has 0 aliphatic rings. The van der Waals surface area contributed by atoms with Crippen LogP contribution in [0, 0.1) is 0 Å². The lowest BCUT2D eigenvalue weighted by atomic mass is 10.1. The minimum atomic E-state index is -0.949. The molecule has 0 bridgehead atoms. The van der Waals surface area contributed by atoms with Gasteiger partial charge in [-0.05, 0) is 6.42 Å². The molecule has 2 aromatic heterocycles. The van der Waals surface area contributed by atoms with E-state index in [1.807, 2.05) is 0 Å². The number of carboxylic acid groups (broad SMARTS) is 1. The number of fused-ring (bicyclic) bond motifs is 1. The highest BCUT2D eigenvalue weighted by Crippen LogP contribution is 2.22. The zero-order valence-corrected chi connectivity index (χ0v) is 16.3. The quantitative estimate of drug-likeness (QED) is 0.498. The fourth-order valence-corrected chi connectivity index (χ4v) is 3.66. The van der Waals surface area contributed by atoms with Crippen molar-refractivity contribution < 1.29 is 9.90 Å². The first kappa shape index (κ1) is 20.3. The molecule has 0 saturated heterocycles. The summed E-state index contributed by atoms with van der Waals surface area (Å²) < 4.78 is 4.16. The third kappa shape index (κ3) is 4.38. The van der Waals surface area contributed by atoms with Gasteiger partial charge in [-0.2, -0.15) is 0 Å². The van der Waals surface area contributed by atoms with Crippen molar-refractivity contribution in [2.24, 2.45) is 14.1 Å². The van der Waals surface area contributed by atoms with Crippen LogP contribution < -0.4 is 11.2 Å². The van der Waals surface area contributed by atoms with Crippen molar-refractivity contribution >= 4 is 28.9 Å². The van der Waals surface area contributed by atoms with Gasteiger partial charge in [0.1, 0.15) is 0 Å². The molecular weight excluding hydrogens is 356 g/mol. The molecule has 0 amide bonds. The number of carbonyl (C=O) groups is 1. The van der Waals surface area contributed by atoms with Crippen molar-refractivity contribution in [1.29, 1.82) is 0 Å². The van der Waals surface area contributed by atoms with Gasteiger partial charge in [-0.25, -0.2) is 9.78 Å². The molecule has 0 atom stereocenters. The highest BCUT2D eigenvalue weighted by molar-refractivity contribution is 7.99. The molecule has 0 fully saturated rings. The summed E-state index contributed by atoms with van der Waals surface area (Å²) in [5.74, 6) is -1.09. The van der Waals surface area contributed by atoms with Crippen LogP contribution in [-0.2, 0) is 25.4 Å². The third-order valence-corrected chi connectivity index (χ3v) is 5.33. The minimum absolute atomic E-state index is 0.145. The van der Waals surface area contributed by atoms with Crippen LogP contribution in [0.5, 0.6) is 0 Å². The summed E-state index contributed by atoms with van der Waals surface area (Å²) >= 11 is 1.07. The minimum Gasteiger partial charge on any atom is -0.481 e. The van der Waals surface area contributed by atoms with Gasteiger partial charge in [-0.1, -0.05) is 50.8 Å². The second kappa shape index (κ2) is 9.07. The fourth-order valence-electron chi connectivity index (χ4n) is 2.92. The van der Waals surface area contributed by atoms with Crippen molar-refractivity contribution in [2.75, 3.05) is 5.75 Å². The van der Waals surface area contributed by atoms with E-state index in [-0.39, 0.29) is 5.75 Å². The van der Waals surface area contributed by atoms with Gasteiger partial charge in [0.05, 0.1) is 5.75 Å². The maximum absolute atomic E-state index is 12.6. The number of imidazole rings is 1. The van der Waals surface area contributed by atoms with Crippen molar-refractivity contribution in [2.45, 2.75) is 57.1 Å². The van der Waals surface area contributed by atoms with E-state index in [1.165, 1.54) is 30.9 Å². The summed E-state index contributed by atoms with van der Waals surface area (Å²) in [5, 5.41) is 9.42. The molecule has 0 aliphatic heterocycles. The average molecular weight is 382 g/mol. The molecule has 144 valence electrons. The highest BCUT2D eigenvalue weighted by Gasteiger charge is 2.19. The van der Waals surface area contributed by atoms with Crippen molar-refractivity contribution in [1.82, 2.24) is 18.7 Å². The van der Waals surface area contributed by atoms with Crippen LogP contribution in [-0.4, -0.2) is 35.5 Å². The molecule has 9 heteroatoms. The Balaban J connectivity index is 2.36. The number of rotatable bonds is 10. The molecule has 0 radical (unpaired) electrons. The number of carboxylic acids is 1. The van der Waals surface area contributed by atoms with E-state index in [0.29, 0.717) is 22.9 Å². The van der Waals surface area contributed by atoms with Crippen LogP contribution in [0.4, 0.5) is 0 Å². The Morgan fingerprint density at radius 3 is 2.38 bits per heavy atom. The van der Waals surface area contributed by atoms with E-state index in [0.717, 1.165) is 35.6 Å². The first-order valence-electron chi connectivity index (χ1n) is 8.89. The molecule has 26 heavy (non-hydrogen) atoms. The van der Waals surface area contributed by atoms with Gasteiger partial charge in [0.15, 0.2) is 16.3 Å². The fraction of sp³-hybridized carbons (Fsp3) is 0.647. The SMILES string of the molecule is CCCCCCCCn1c(SCC(=O)O)nc2c1c(=O)n(C)c(=O)n2C. The lowest BCUT2D eigenvalue weighted by Crippen LogP contribution is -2.37. The number of aromatic nitrogens is 4. The zero-order chi connectivity index (χ0) is 19.3. The van der Waals surface area contributed by atoms with Crippen molar-refractivity contribution in [3.8, 4) is 0 Å². The molecule has 8 nitrogen and oxygen atoms in total. The topological polar surface area (TPSA) is 99.1 Å². The van der Waals surface area contributed by atoms with Crippen molar-refractivity contribution in [3.63, 3.8) is 0 Å². The van der Waals surface area contributed by atoms with Gasteiger partial charge in [-0.3, -0.25) is 18.7 Å². The summed E-state index contributed by atoms with van der Waals surface area (Å²) in [4.78, 5) is 40.0. The summed E-state index contributed by atoms with van der Waals surface area (Å²) in [6.07, 6.45) is 6.64. The Labute approximate surface area is 155 Å². The van der Waals surface area contributed by atoms with Crippen LogP contribution in [0.2, 0.25) is 0 Å². The summed E-state index contributed by atoms with van der Waals surface area (Å²) in [5.41, 5.74) is -0.182. The largest absolute Gasteiger partial charge is 0.481 e. The molecule has 0 spiro atoms. The van der Waals surface area contributed by atoms with Gasteiger partial charge in [0, 0.05) is 20.6 Å². The Morgan fingerprint density at radius 1 is 1.08 bits per heavy atom. The summed E-state index contributed by atoms with van der Waals surface area (Å²) in [6, 6.07) is 0. The standard InChI is InChI=1S/C17H26N4O4S/c1-4-5-6-7-8-9-10-21-13-14(18-16(21)26-11-12(22)23)19(2)17(25)20(3)15(13)24/h4-11H2,1-3H3,(H,22,23). The molecule has 1 N–H and O–H groups in total. The van der Waals surface area contributed by atoms with Gasteiger partial charge < -0.3 is 9.67 Å². The van der Waals surface area contributed by atoms with Gasteiger partial charge >= 0.3 is 11.7 Å². The second-order valence-electron chi connectivity index (χ2n) is 6.37. The first-order valence-corrected chi connectivity index (χ1v) is 9.87. The summed E-state index contributed by atoms with van der Waals surface area (Å²) in [7, 11) is 3.01. The Hall–Kier alpha value is -2.03. The molecule has 2 aromatic rings.